The number of aryl methyl sites for hydroxylation is 1. The van der Waals surface area contributed by atoms with Gasteiger partial charge in [0.15, 0.2) is 0 Å². The summed E-state index contributed by atoms with van der Waals surface area (Å²) in [7, 11) is -3.69. The number of carbonyl (C=O) groups excluding carboxylic acids is 1. The molecular weight excluding hydrogens is 396 g/mol. The second-order valence-electron chi connectivity index (χ2n) is 6.05. The van der Waals surface area contributed by atoms with Gasteiger partial charge in [-0.25, -0.2) is 8.42 Å². The van der Waals surface area contributed by atoms with Crippen LogP contribution in [0.4, 0.5) is 5.69 Å². The molecule has 0 fully saturated rings. The van der Waals surface area contributed by atoms with E-state index in [1.807, 2.05) is 6.07 Å². The molecule has 0 aliphatic carbocycles. The highest BCUT2D eigenvalue weighted by molar-refractivity contribution is 7.91. The molecule has 1 N–H and O–H groups in total. The lowest BCUT2D eigenvalue weighted by molar-refractivity contribution is -0.111. The lowest BCUT2D eigenvalue weighted by Crippen LogP contribution is -2.08. The van der Waals surface area contributed by atoms with E-state index >= 15 is 0 Å². The number of anilines is 1. The SMILES string of the molecule is Cc1ccc(S(=O)(=O)c2ccc(NC(=O)/C=C/c3cccnc3)cc2)cc1Cl. The highest BCUT2D eigenvalue weighted by Gasteiger charge is 2.18. The van der Waals surface area contributed by atoms with Gasteiger partial charge < -0.3 is 5.32 Å². The minimum atomic E-state index is -3.69. The largest absolute Gasteiger partial charge is 0.323 e. The van der Waals surface area contributed by atoms with Gasteiger partial charge in [-0.1, -0.05) is 23.7 Å². The lowest BCUT2D eigenvalue weighted by atomic mass is 10.2. The van der Waals surface area contributed by atoms with Gasteiger partial charge in [-0.2, -0.15) is 0 Å². The molecule has 28 heavy (non-hydrogen) atoms. The molecule has 0 saturated carbocycles. The zero-order valence-electron chi connectivity index (χ0n) is 15.0. The summed E-state index contributed by atoms with van der Waals surface area (Å²) in [5.41, 5.74) is 2.09. The van der Waals surface area contributed by atoms with Crippen molar-refractivity contribution >= 4 is 39.1 Å². The summed E-state index contributed by atoms with van der Waals surface area (Å²) in [6, 6.07) is 14.2. The third-order valence-electron chi connectivity index (χ3n) is 4.00. The van der Waals surface area contributed by atoms with Crippen molar-refractivity contribution in [3.63, 3.8) is 0 Å². The molecule has 7 heteroatoms. The number of pyridine rings is 1. The van der Waals surface area contributed by atoms with Gasteiger partial charge in [0, 0.05) is 29.2 Å². The van der Waals surface area contributed by atoms with E-state index in [-0.39, 0.29) is 15.7 Å². The van der Waals surface area contributed by atoms with Crippen LogP contribution >= 0.6 is 11.6 Å². The van der Waals surface area contributed by atoms with Crippen molar-refractivity contribution in [1.29, 1.82) is 0 Å². The predicted octanol–water partition coefficient (Wildman–Crippen LogP) is 4.53. The number of carbonyl (C=O) groups is 1. The van der Waals surface area contributed by atoms with Crippen LogP contribution in [-0.2, 0) is 14.6 Å². The van der Waals surface area contributed by atoms with Crippen LogP contribution in [0.3, 0.4) is 0 Å². The number of amides is 1. The molecule has 0 aliphatic rings. The van der Waals surface area contributed by atoms with Crippen molar-refractivity contribution in [3.8, 4) is 0 Å². The molecule has 1 heterocycles. The molecule has 3 aromatic rings. The fourth-order valence-corrected chi connectivity index (χ4v) is 3.96. The minimum absolute atomic E-state index is 0.122. The Labute approximate surface area is 168 Å². The second-order valence-corrected chi connectivity index (χ2v) is 8.40. The fourth-order valence-electron chi connectivity index (χ4n) is 2.42. The van der Waals surface area contributed by atoms with E-state index in [1.54, 1.807) is 49.7 Å². The topological polar surface area (TPSA) is 76.1 Å². The van der Waals surface area contributed by atoms with Gasteiger partial charge in [0.2, 0.25) is 15.7 Å². The number of halogens is 1. The van der Waals surface area contributed by atoms with Gasteiger partial charge in [0.05, 0.1) is 9.79 Å². The predicted molar refractivity (Wildman–Crippen MR) is 110 cm³/mol. The summed E-state index contributed by atoms with van der Waals surface area (Å²) in [4.78, 5) is 16.2. The second kappa shape index (κ2) is 8.37. The Hall–Kier alpha value is -2.96. The summed E-state index contributed by atoms with van der Waals surface area (Å²) < 4.78 is 25.5. The smallest absolute Gasteiger partial charge is 0.248 e. The molecule has 5 nitrogen and oxygen atoms in total. The van der Waals surface area contributed by atoms with Gasteiger partial charge >= 0.3 is 0 Å². The van der Waals surface area contributed by atoms with Crippen molar-refractivity contribution in [1.82, 2.24) is 4.98 Å². The summed E-state index contributed by atoms with van der Waals surface area (Å²) >= 11 is 6.04. The van der Waals surface area contributed by atoms with Crippen molar-refractivity contribution in [2.45, 2.75) is 16.7 Å². The average molecular weight is 413 g/mol. The number of rotatable bonds is 5. The molecule has 1 aromatic heterocycles. The summed E-state index contributed by atoms with van der Waals surface area (Å²) in [5, 5.41) is 3.08. The average Bonchev–Trinajstić information content (AvgIpc) is 2.69. The summed E-state index contributed by atoms with van der Waals surface area (Å²) in [6.45, 7) is 1.80. The Balaban J connectivity index is 1.73. The molecule has 0 saturated heterocycles. The molecule has 1 amide bonds. The minimum Gasteiger partial charge on any atom is -0.323 e. The number of hydrogen-bond acceptors (Lipinski definition) is 4. The van der Waals surface area contributed by atoms with Gasteiger partial charge in [0.25, 0.3) is 0 Å². The van der Waals surface area contributed by atoms with Gasteiger partial charge in [0.1, 0.15) is 0 Å². The first-order chi connectivity index (χ1) is 13.4. The zero-order valence-corrected chi connectivity index (χ0v) is 16.5. The van der Waals surface area contributed by atoms with Crippen molar-refractivity contribution in [3.05, 3.63) is 89.2 Å². The maximum absolute atomic E-state index is 12.7. The first-order valence-electron chi connectivity index (χ1n) is 8.37. The molecule has 3 rings (SSSR count). The van der Waals surface area contributed by atoms with Crippen LogP contribution in [0.15, 0.2) is 82.9 Å². The molecule has 2 aromatic carbocycles. The standard InChI is InChI=1S/C21H17ClN2O3S/c1-15-4-8-19(13-20(15)22)28(26,27)18-9-6-17(7-10-18)24-21(25)11-5-16-3-2-12-23-14-16/h2-14H,1H3,(H,24,25)/b11-5+. The van der Waals surface area contributed by atoms with Crippen LogP contribution in [0, 0.1) is 6.92 Å². The van der Waals surface area contributed by atoms with Gasteiger partial charge in [-0.15, -0.1) is 0 Å². The van der Waals surface area contributed by atoms with E-state index in [4.69, 9.17) is 11.6 Å². The first kappa shape index (κ1) is 19.8. The van der Waals surface area contributed by atoms with E-state index in [0.717, 1.165) is 11.1 Å². The molecule has 0 spiro atoms. The Morgan fingerprint density at radius 3 is 2.43 bits per heavy atom. The van der Waals surface area contributed by atoms with Crippen LogP contribution in [0.1, 0.15) is 11.1 Å². The number of sulfone groups is 1. The molecule has 0 atom stereocenters. The molecule has 0 bridgehead atoms. The number of nitrogens with one attached hydrogen (secondary N) is 1. The summed E-state index contributed by atoms with van der Waals surface area (Å²) in [6.07, 6.45) is 6.32. The van der Waals surface area contributed by atoms with E-state index in [0.29, 0.717) is 10.7 Å². The maximum atomic E-state index is 12.7. The molecule has 0 aliphatic heterocycles. The van der Waals surface area contributed by atoms with Gasteiger partial charge in [-0.05, 0) is 66.6 Å². The van der Waals surface area contributed by atoms with Gasteiger partial charge in [-0.3, -0.25) is 9.78 Å². The molecule has 0 unspecified atom stereocenters. The zero-order chi connectivity index (χ0) is 20.1. The van der Waals surface area contributed by atoms with Crippen LogP contribution in [0.5, 0.6) is 0 Å². The number of aromatic nitrogens is 1. The van der Waals surface area contributed by atoms with Crippen molar-refractivity contribution in [2.75, 3.05) is 5.32 Å². The van der Waals surface area contributed by atoms with Crippen molar-refractivity contribution < 1.29 is 13.2 Å². The number of hydrogen-bond donors (Lipinski definition) is 1. The molecular formula is C21H17ClN2O3S. The number of benzene rings is 2. The van der Waals surface area contributed by atoms with Crippen LogP contribution in [-0.4, -0.2) is 19.3 Å². The van der Waals surface area contributed by atoms with Crippen molar-refractivity contribution in [2.24, 2.45) is 0 Å². The monoisotopic (exact) mass is 412 g/mol. The van der Waals surface area contributed by atoms with Crippen LogP contribution in [0.2, 0.25) is 5.02 Å². The third-order valence-corrected chi connectivity index (χ3v) is 6.17. The van der Waals surface area contributed by atoms with E-state index in [2.05, 4.69) is 10.3 Å². The Bertz CT molecular complexity index is 1130. The number of nitrogens with zero attached hydrogens (tertiary/aromatic N) is 1. The maximum Gasteiger partial charge on any atom is 0.248 e. The highest BCUT2D eigenvalue weighted by Crippen LogP contribution is 2.26. The quantitative estimate of drug-likeness (QED) is 0.624. The Morgan fingerprint density at radius 2 is 1.79 bits per heavy atom. The normalized spacial score (nSPS) is 11.5. The third kappa shape index (κ3) is 4.65. The van der Waals surface area contributed by atoms with E-state index < -0.39 is 9.84 Å². The van der Waals surface area contributed by atoms with Crippen LogP contribution < -0.4 is 5.32 Å². The van der Waals surface area contributed by atoms with Crippen LogP contribution in [0.25, 0.3) is 6.08 Å². The summed E-state index contributed by atoms with van der Waals surface area (Å²) in [5.74, 6) is -0.329. The molecule has 142 valence electrons. The highest BCUT2D eigenvalue weighted by atomic mass is 35.5. The van der Waals surface area contributed by atoms with E-state index in [1.165, 1.54) is 30.3 Å². The Morgan fingerprint density at radius 1 is 1.07 bits per heavy atom. The lowest BCUT2D eigenvalue weighted by Gasteiger charge is -2.08. The fraction of sp³-hybridized carbons (Fsp3) is 0.0476. The Kier molecular flexibility index (Phi) is 5.92. The molecule has 0 radical (unpaired) electrons. The first-order valence-corrected chi connectivity index (χ1v) is 10.2. The van der Waals surface area contributed by atoms with E-state index in [9.17, 15) is 13.2 Å².